The molecule has 26 heavy (non-hydrogen) atoms. The normalized spacial score (nSPS) is 33.9. The molecule has 0 heterocycles. The molecule has 3 N–H and O–H groups in total. The number of anilines is 1. The van der Waals surface area contributed by atoms with Gasteiger partial charge in [-0.05, 0) is 69.1 Å². The molecular weight excluding hydrogens is 341 g/mol. The van der Waals surface area contributed by atoms with E-state index in [4.69, 9.17) is 0 Å². The Labute approximate surface area is 151 Å². The van der Waals surface area contributed by atoms with Crippen LogP contribution in [0.5, 0.6) is 0 Å². The fourth-order valence-electron chi connectivity index (χ4n) is 5.73. The third kappa shape index (κ3) is 3.48. The number of amides is 1. The maximum atomic E-state index is 12.8. The van der Waals surface area contributed by atoms with Crippen LogP contribution in [0, 0.1) is 23.7 Å². The summed E-state index contributed by atoms with van der Waals surface area (Å²) in [7, 11) is 0. The summed E-state index contributed by atoms with van der Waals surface area (Å²) in [6, 6.07) is 5.03. The van der Waals surface area contributed by atoms with Gasteiger partial charge in [-0.15, -0.1) is 0 Å². The highest BCUT2D eigenvalue weighted by molar-refractivity contribution is 5.93. The zero-order valence-electron chi connectivity index (χ0n) is 14.9. The zero-order valence-corrected chi connectivity index (χ0v) is 14.9. The summed E-state index contributed by atoms with van der Waals surface area (Å²) in [6.45, 7) is 1.86. The van der Waals surface area contributed by atoms with E-state index in [1.54, 1.807) is 0 Å². The van der Waals surface area contributed by atoms with Gasteiger partial charge in [-0.25, -0.2) is 0 Å². The molecular formula is C20H26F3N2O+. The molecule has 4 bridgehead atoms. The number of halogens is 3. The summed E-state index contributed by atoms with van der Waals surface area (Å²) < 4.78 is 38.5. The van der Waals surface area contributed by atoms with Crippen LogP contribution in [-0.4, -0.2) is 18.0 Å². The van der Waals surface area contributed by atoms with Gasteiger partial charge in [-0.2, -0.15) is 13.2 Å². The molecule has 1 atom stereocenters. The lowest BCUT2D eigenvalue weighted by molar-refractivity contribution is -0.724. The number of rotatable bonds is 4. The molecule has 0 saturated heterocycles. The summed E-state index contributed by atoms with van der Waals surface area (Å²) >= 11 is 0. The van der Waals surface area contributed by atoms with Gasteiger partial charge in [0.2, 0.25) is 0 Å². The molecule has 0 spiro atoms. The minimum Gasteiger partial charge on any atom is -0.333 e. The molecule has 6 heteroatoms. The van der Waals surface area contributed by atoms with Crippen LogP contribution < -0.4 is 10.6 Å². The molecule has 142 valence electrons. The van der Waals surface area contributed by atoms with Crippen molar-refractivity contribution in [1.82, 2.24) is 0 Å². The molecule has 4 aliphatic carbocycles. The second-order valence-electron chi connectivity index (χ2n) is 8.56. The van der Waals surface area contributed by atoms with E-state index in [-0.39, 0.29) is 17.6 Å². The molecule has 4 fully saturated rings. The lowest BCUT2D eigenvalue weighted by atomic mass is 9.54. The van der Waals surface area contributed by atoms with E-state index in [0.717, 1.165) is 24.0 Å². The number of carbonyl (C=O) groups is 1. The van der Waals surface area contributed by atoms with Crippen molar-refractivity contribution in [2.45, 2.75) is 57.3 Å². The monoisotopic (exact) mass is 367 g/mol. The predicted molar refractivity (Wildman–Crippen MR) is 92.3 cm³/mol. The van der Waals surface area contributed by atoms with Gasteiger partial charge in [-0.1, -0.05) is 6.07 Å². The van der Waals surface area contributed by atoms with Gasteiger partial charge >= 0.3 is 6.18 Å². The summed E-state index contributed by atoms with van der Waals surface area (Å²) in [5, 5.41) is 4.83. The van der Waals surface area contributed by atoms with E-state index in [0.29, 0.717) is 17.9 Å². The van der Waals surface area contributed by atoms with E-state index in [1.165, 1.54) is 44.2 Å². The second kappa shape index (κ2) is 6.55. The Morgan fingerprint density at radius 3 is 2.31 bits per heavy atom. The second-order valence-corrected chi connectivity index (χ2v) is 8.56. The zero-order chi connectivity index (χ0) is 18.5. The van der Waals surface area contributed by atoms with Crippen molar-refractivity contribution in [1.29, 1.82) is 0 Å². The largest absolute Gasteiger partial charge is 0.416 e. The number of nitrogens with one attached hydrogen (secondary N) is 1. The first-order valence-electron chi connectivity index (χ1n) is 9.62. The minimum absolute atomic E-state index is 0.204. The highest BCUT2D eigenvalue weighted by Gasteiger charge is 2.50. The van der Waals surface area contributed by atoms with E-state index in [2.05, 4.69) is 10.6 Å². The smallest absolute Gasteiger partial charge is 0.333 e. The molecule has 3 nitrogen and oxygen atoms in total. The Morgan fingerprint density at radius 1 is 1.12 bits per heavy atom. The fourth-order valence-corrected chi connectivity index (χ4v) is 5.73. The Bertz CT molecular complexity index is 660. The van der Waals surface area contributed by atoms with Crippen molar-refractivity contribution >= 4 is 11.6 Å². The molecule has 0 radical (unpaired) electrons. The van der Waals surface area contributed by atoms with Crippen LogP contribution >= 0.6 is 0 Å². The van der Waals surface area contributed by atoms with Crippen LogP contribution in [0.15, 0.2) is 24.3 Å². The van der Waals surface area contributed by atoms with E-state index in [1.807, 2.05) is 6.92 Å². The number of quaternary nitrogens is 1. The topological polar surface area (TPSA) is 45.7 Å². The van der Waals surface area contributed by atoms with Crippen LogP contribution in [0.1, 0.15) is 44.6 Å². The molecule has 4 saturated carbocycles. The number of benzene rings is 1. The standard InChI is InChI=1S/C20H25F3N2O/c1-11(19(26)25-17-4-2-3-16(10-17)20(21,22)23)24-18-14-6-12-5-13(8-14)9-15(18)7-12/h2-4,10-15,18,24H,5-9H2,1H3,(H,25,26)/p+1/t11-,12?,13?,14?,15?,18?/m0/s1. The van der Waals surface area contributed by atoms with Crippen molar-refractivity contribution in [3.63, 3.8) is 0 Å². The Kier molecular flexibility index (Phi) is 4.49. The van der Waals surface area contributed by atoms with Crippen LogP contribution in [-0.2, 0) is 11.0 Å². The number of alkyl halides is 3. The Hall–Kier alpha value is -1.56. The van der Waals surface area contributed by atoms with Gasteiger partial charge in [0.05, 0.1) is 11.6 Å². The first-order valence-corrected chi connectivity index (χ1v) is 9.62. The molecule has 1 aromatic rings. The van der Waals surface area contributed by atoms with Crippen LogP contribution in [0.25, 0.3) is 0 Å². The molecule has 5 rings (SSSR count). The molecule has 4 aliphatic rings. The fraction of sp³-hybridized carbons (Fsp3) is 0.650. The summed E-state index contributed by atoms with van der Waals surface area (Å²) in [4.78, 5) is 12.5. The molecule has 0 aliphatic heterocycles. The minimum atomic E-state index is -4.40. The highest BCUT2D eigenvalue weighted by Crippen LogP contribution is 2.52. The maximum Gasteiger partial charge on any atom is 0.416 e. The Morgan fingerprint density at radius 2 is 1.73 bits per heavy atom. The Balaban J connectivity index is 1.38. The van der Waals surface area contributed by atoms with Crippen molar-refractivity contribution < 1.29 is 23.3 Å². The first kappa shape index (κ1) is 17.8. The number of nitrogens with two attached hydrogens (primary N) is 1. The lowest BCUT2D eigenvalue weighted by Gasteiger charge is -2.53. The molecule has 1 aromatic carbocycles. The number of hydrogen-bond donors (Lipinski definition) is 2. The predicted octanol–water partition coefficient (Wildman–Crippen LogP) is 3.42. The van der Waals surface area contributed by atoms with Gasteiger partial charge < -0.3 is 10.6 Å². The molecule has 0 unspecified atom stereocenters. The number of hydrogen-bond acceptors (Lipinski definition) is 1. The first-order chi connectivity index (χ1) is 12.3. The van der Waals surface area contributed by atoms with Crippen LogP contribution in [0.3, 0.4) is 0 Å². The van der Waals surface area contributed by atoms with Gasteiger partial charge in [0.1, 0.15) is 0 Å². The number of carbonyl (C=O) groups excluding carboxylic acids is 1. The van der Waals surface area contributed by atoms with Crippen molar-refractivity contribution in [3.05, 3.63) is 29.8 Å². The highest BCUT2D eigenvalue weighted by atomic mass is 19.4. The summed E-state index contributed by atoms with van der Waals surface area (Å²) in [5.74, 6) is 2.95. The van der Waals surface area contributed by atoms with Crippen molar-refractivity contribution in [2.75, 3.05) is 5.32 Å². The van der Waals surface area contributed by atoms with Crippen molar-refractivity contribution in [3.8, 4) is 0 Å². The lowest BCUT2D eigenvalue weighted by Crippen LogP contribution is -2.99. The van der Waals surface area contributed by atoms with Gasteiger partial charge in [0.25, 0.3) is 5.91 Å². The van der Waals surface area contributed by atoms with Gasteiger partial charge in [0, 0.05) is 17.5 Å². The summed E-state index contributed by atoms with van der Waals surface area (Å²) in [6.07, 6.45) is 2.14. The quantitative estimate of drug-likeness (QED) is 0.842. The maximum absolute atomic E-state index is 12.8. The van der Waals surface area contributed by atoms with E-state index >= 15 is 0 Å². The van der Waals surface area contributed by atoms with Crippen molar-refractivity contribution in [2.24, 2.45) is 23.7 Å². The van der Waals surface area contributed by atoms with Gasteiger partial charge in [-0.3, -0.25) is 4.79 Å². The third-order valence-electron chi connectivity index (χ3n) is 6.68. The molecule has 0 aromatic heterocycles. The average molecular weight is 367 g/mol. The third-order valence-corrected chi connectivity index (χ3v) is 6.68. The van der Waals surface area contributed by atoms with Gasteiger partial charge in [0.15, 0.2) is 6.04 Å². The average Bonchev–Trinajstić information content (AvgIpc) is 2.56. The molecule has 1 amide bonds. The SMILES string of the molecule is C[C@H]([NH2+]C1C2CC3CC(C2)CC1C3)C(=O)Nc1cccc(C(F)(F)F)c1. The van der Waals surface area contributed by atoms with Crippen LogP contribution in [0.4, 0.5) is 18.9 Å². The van der Waals surface area contributed by atoms with E-state index in [9.17, 15) is 18.0 Å². The summed E-state index contributed by atoms with van der Waals surface area (Å²) in [5.41, 5.74) is -0.539. The van der Waals surface area contributed by atoms with E-state index < -0.39 is 11.7 Å². The van der Waals surface area contributed by atoms with Crippen LogP contribution in [0.2, 0.25) is 0 Å².